The number of ether oxygens (including phenoxy) is 1. The lowest BCUT2D eigenvalue weighted by molar-refractivity contribution is 0.387. The van der Waals surface area contributed by atoms with E-state index in [2.05, 4.69) is 22.3 Å². The number of halogens is 1. The van der Waals surface area contributed by atoms with Crippen LogP contribution in [-0.2, 0) is 6.42 Å². The van der Waals surface area contributed by atoms with Gasteiger partial charge in [-0.15, -0.1) is 0 Å². The van der Waals surface area contributed by atoms with Crippen molar-refractivity contribution >= 4 is 5.82 Å². The molecule has 0 radical (unpaired) electrons. The summed E-state index contributed by atoms with van der Waals surface area (Å²) in [5.74, 6) is 6.18. The second-order valence-corrected chi connectivity index (χ2v) is 4.31. The van der Waals surface area contributed by atoms with Gasteiger partial charge in [-0.25, -0.2) is 20.2 Å². The number of hydrogen-bond donors (Lipinski definition) is 2. The molecule has 106 valence electrons. The number of nitrogen functional groups attached to an aromatic ring is 1. The summed E-state index contributed by atoms with van der Waals surface area (Å²) in [6, 6.07) is 6.32. The van der Waals surface area contributed by atoms with Crippen LogP contribution in [0.25, 0.3) is 11.4 Å². The van der Waals surface area contributed by atoms with Crippen molar-refractivity contribution in [2.45, 2.75) is 19.8 Å². The van der Waals surface area contributed by atoms with Gasteiger partial charge in [-0.1, -0.05) is 13.3 Å². The van der Waals surface area contributed by atoms with Crippen LogP contribution in [0.5, 0.6) is 5.75 Å². The molecular weight excluding hydrogens is 259 g/mol. The smallest absolute Gasteiger partial charge is 0.165 e. The van der Waals surface area contributed by atoms with Crippen molar-refractivity contribution in [3.8, 4) is 17.1 Å². The van der Waals surface area contributed by atoms with Gasteiger partial charge < -0.3 is 10.2 Å². The highest BCUT2D eigenvalue weighted by molar-refractivity contribution is 5.60. The Balaban J connectivity index is 2.47. The van der Waals surface area contributed by atoms with Gasteiger partial charge in [-0.2, -0.15) is 0 Å². The van der Waals surface area contributed by atoms with Crippen LogP contribution in [0.1, 0.15) is 19.0 Å². The second-order valence-electron chi connectivity index (χ2n) is 4.31. The van der Waals surface area contributed by atoms with Gasteiger partial charge in [0.05, 0.1) is 7.11 Å². The van der Waals surface area contributed by atoms with Crippen molar-refractivity contribution in [3.05, 3.63) is 35.8 Å². The molecule has 20 heavy (non-hydrogen) atoms. The Morgan fingerprint density at radius 3 is 2.75 bits per heavy atom. The number of nitrogens with zero attached hydrogens (tertiary/aromatic N) is 2. The highest BCUT2D eigenvalue weighted by atomic mass is 19.1. The fraction of sp³-hybridized carbons (Fsp3) is 0.286. The second kappa shape index (κ2) is 6.29. The minimum Gasteiger partial charge on any atom is -0.494 e. The highest BCUT2D eigenvalue weighted by Gasteiger charge is 2.10. The first kappa shape index (κ1) is 14.2. The zero-order valence-corrected chi connectivity index (χ0v) is 11.5. The van der Waals surface area contributed by atoms with Crippen LogP contribution in [0.3, 0.4) is 0 Å². The fourth-order valence-corrected chi connectivity index (χ4v) is 1.88. The van der Waals surface area contributed by atoms with Crippen LogP contribution in [0.4, 0.5) is 10.2 Å². The van der Waals surface area contributed by atoms with Gasteiger partial charge in [-0.05, 0) is 24.6 Å². The Bertz CT molecular complexity index is 604. The van der Waals surface area contributed by atoms with Crippen LogP contribution >= 0.6 is 0 Å². The van der Waals surface area contributed by atoms with Gasteiger partial charge in [0.2, 0.25) is 0 Å². The summed E-state index contributed by atoms with van der Waals surface area (Å²) in [5, 5.41) is 0. The number of methoxy groups -OCH3 is 1. The van der Waals surface area contributed by atoms with Crippen molar-refractivity contribution in [1.82, 2.24) is 9.97 Å². The number of nitrogens with one attached hydrogen (secondary N) is 1. The third-order valence-electron chi connectivity index (χ3n) is 2.84. The SMILES string of the molecule is CCCc1cc(NN)nc(-c2ccc(F)c(OC)c2)n1. The number of aryl methyl sites for hydroxylation is 1. The topological polar surface area (TPSA) is 73.1 Å². The van der Waals surface area contributed by atoms with E-state index in [1.54, 1.807) is 18.2 Å². The van der Waals surface area contributed by atoms with Gasteiger partial charge in [0.15, 0.2) is 17.4 Å². The molecule has 0 amide bonds. The largest absolute Gasteiger partial charge is 0.494 e. The third-order valence-corrected chi connectivity index (χ3v) is 2.84. The molecule has 6 heteroatoms. The van der Waals surface area contributed by atoms with E-state index in [9.17, 15) is 4.39 Å². The summed E-state index contributed by atoms with van der Waals surface area (Å²) in [6.07, 6.45) is 1.79. The van der Waals surface area contributed by atoms with E-state index in [-0.39, 0.29) is 5.75 Å². The molecule has 1 heterocycles. The molecule has 2 rings (SSSR count). The lowest BCUT2D eigenvalue weighted by Gasteiger charge is -2.09. The van der Waals surface area contributed by atoms with Crippen molar-refractivity contribution < 1.29 is 9.13 Å². The molecule has 0 aliphatic carbocycles. The monoisotopic (exact) mass is 276 g/mol. The molecule has 5 nitrogen and oxygen atoms in total. The predicted octanol–water partition coefficient (Wildman–Crippen LogP) is 2.53. The predicted molar refractivity (Wildman–Crippen MR) is 75.8 cm³/mol. The molecule has 0 fully saturated rings. The fourth-order valence-electron chi connectivity index (χ4n) is 1.88. The highest BCUT2D eigenvalue weighted by Crippen LogP contribution is 2.25. The Morgan fingerprint density at radius 2 is 2.10 bits per heavy atom. The van der Waals surface area contributed by atoms with Gasteiger partial charge >= 0.3 is 0 Å². The number of aromatic nitrogens is 2. The minimum absolute atomic E-state index is 0.161. The number of rotatable bonds is 5. The van der Waals surface area contributed by atoms with Crippen molar-refractivity contribution in [2.75, 3.05) is 12.5 Å². The summed E-state index contributed by atoms with van der Waals surface area (Å²) in [6.45, 7) is 2.07. The van der Waals surface area contributed by atoms with Gasteiger partial charge in [0.25, 0.3) is 0 Å². The number of nitrogens with two attached hydrogens (primary N) is 1. The molecule has 0 spiro atoms. The van der Waals surface area contributed by atoms with Crippen LogP contribution in [0, 0.1) is 5.82 Å². The summed E-state index contributed by atoms with van der Waals surface area (Å²) < 4.78 is 18.4. The Morgan fingerprint density at radius 1 is 1.30 bits per heavy atom. The van der Waals surface area contributed by atoms with E-state index in [1.807, 2.05) is 0 Å². The van der Waals surface area contributed by atoms with E-state index in [0.717, 1.165) is 18.5 Å². The first-order valence-corrected chi connectivity index (χ1v) is 6.36. The molecule has 0 aliphatic rings. The van der Waals surface area contributed by atoms with Crippen LogP contribution in [-0.4, -0.2) is 17.1 Å². The molecule has 0 saturated carbocycles. The number of hydrogen-bond acceptors (Lipinski definition) is 5. The maximum absolute atomic E-state index is 13.4. The zero-order chi connectivity index (χ0) is 14.5. The molecule has 1 aromatic carbocycles. The van der Waals surface area contributed by atoms with Crippen LogP contribution in [0.15, 0.2) is 24.3 Å². The lowest BCUT2D eigenvalue weighted by atomic mass is 10.1. The van der Waals surface area contributed by atoms with E-state index < -0.39 is 5.82 Å². The normalized spacial score (nSPS) is 10.4. The summed E-state index contributed by atoms with van der Waals surface area (Å²) in [5.41, 5.74) is 4.08. The summed E-state index contributed by atoms with van der Waals surface area (Å²) in [7, 11) is 1.42. The molecule has 0 saturated heterocycles. The van der Waals surface area contributed by atoms with E-state index >= 15 is 0 Å². The molecule has 0 aliphatic heterocycles. The van der Waals surface area contributed by atoms with Gasteiger partial charge in [0, 0.05) is 17.3 Å². The maximum atomic E-state index is 13.4. The summed E-state index contributed by atoms with van der Waals surface area (Å²) >= 11 is 0. The molecule has 1 aromatic heterocycles. The average molecular weight is 276 g/mol. The van der Waals surface area contributed by atoms with Crippen molar-refractivity contribution in [2.24, 2.45) is 5.84 Å². The maximum Gasteiger partial charge on any atom is 0.165 e. The van der Waals surface area contributed by atoms with E-state index in [4.69, 9.17) is 10.6 Å². The first-order valence-electron chi connectivity index (χ1n) is 6.36. The lowest BCUT2D eigenvalue weighted by Crippen LogP contribution is -2.10. The zero-order valence-electron chi connectivity index (χ0n) is 11.5. The summed E-state index contributed by atoms with van der Waals surface area (Å²) in [4.78, 5) is 8.75. The van der Waals surface area contributed by atoms with Gasteiger partial charge in [-0.3, -0.25) is 0 Å². The molecule has 3 N–H and O–H groups in total. The van der Waals surface area contributed by atoms with Gasteiger partial charge in [0.1, 0.15) is 5.82 Å². The number of hydrazine groups is 1. The Labute approximate surface area is 117 Å². The molecule has 0 unspecified atom stereocenters. The van der Waals surface area contributed by atoms with Crippen molar-refractivity contribution in [3.63, 3.8) is 0 Å². The van der Waals surface area contributed by atoms with Crippen molar-refractivity contribution in [1.29, 1.82) is 0 Å². The quantitative estimate of drug-likeness (QED) is 0.648. The van der Waals surface area contributed by atoms with E-state index in [0.29, 0.717) is 17.2 Å². The molecule has 2 aromatic rings. The van der Waals surface area contributed by atoms with Crippen LogP contribution in [0.2, 0.25) is 0 Å². The number of benzene rings is 1. The molecule has 0 atom stereocenters. The molecular formula is C14H17FN4O. The third kappa shape index (κ3) is 3.03. The Hall–Kier alpha value is -2.21. The standard InChI is InChI=1S/C14H17FN4O/c1-3-4-10-8-13(19-16)18-14(17-10)9-5-6-11(15)12(7-9)20-2/h5-8H,3-4,16H2,1-2H3,(H,17,18,19). The number of anilines is 1. The molecule has 0 bridgehead atoms. The Kier molecular flexibility index (Phi) is 4.47. The minimum atomic E-state index is -0.418. The average Bonchev–Trinajstić information content (AvgIpc) is 2.47. The van der Waals surface area contributed by atoms with Crippen LogP contribution < -0.4 is 16.0 Å². The van der Waals surface area contributed by atoms with E-state index in [1.165, 1.54) is 13.2 Å². The first-order chi connectivity index (χ1) is 9.67.